The monoisotopic (exact) mass is 594 g/mol. The van der Waals surface area contributed by atoms with E-state index in [4.69, 9.17) is 14.5 Å². The van der Waals surface area contributed by atoms with Gasteiger partial charge in [0.25, 0.3) is 5.56 Å². The minimum Gasteiger partial charge on any atom is -0.493 e. The van der Waals surface area contributed by atoms with Crippen molar-refractivity contribution in [3.63, 3.8) is 0 Å². The number of nitrogens with zero attached hydrogens (tertiary/aromatic N) is 8. The van der Waals surface area contributed by atoms with E-state index in [-0.39, 0.29) is 11.4 Å². The highest BCUT2D eigenvalue weighted by Crippen LogP contribution is 2.32. The van der Waals surface area contributed by atoms with E-state index in [1.807, 2.05) is 54.0 Å². The second-order valence-corrected chi connectivity index (χ2v) is 9.92. The van der Waals surface area contributed by atoms with E-state index in [1.54, 1.807) is 24.7 Å². The van der Waals surface area contributed by atoms with E-state index >= 15 is 0 Å². The van der Waals surface area contributed by atoms with Crippen LogP contribution in [0.25, 0.3) is 38.7 Å². The van der Waals surface area contributed by atoms with E-state index in [0.717, 1.165) is 10.0 Å². The van der Waals surface area contributed by atoms with Crippen LogP contribution in [0.5, 0.6) is 11.5 Å². The Kier molecular flexibility index (Phi) is 6.05. The zero-order valence-electron chi connectivity index (χ0n) is 21.6. The lowest BCUT2D eigenvalue weighted by atomic mass is 10.1. The fourth-order valence-corrected chi connectivity index (χ4v) is 5.35. The molecular weight excluding hydrogens is 576 g/mol. The molecule has 0 fully saturated rings. The van der Waals surface area contributed by atoms with Gasteiger partial charge in [-0.1, -0.05) is 22.0 Å². The van der Waals surface area contributed by atoms with E-state index in [2.05, 4.69) is 30.9 Å². The predicted molar refractivity (Wildman–Crippen MR) is 150 cm³/mol. The molecule has 12 heteroatoms. The molecule has 4 aromatic heterocycles. The summed E-state index contributed by atoms with van der Waals surface area (Å²) in [6, 6.07) is 15.0. The van der Waals surface area contributed by atoms with Gasteiger partial charge in [-0.25, -0.2) is 15.0 Å². The molecule has 0 unspecified atom stereocenters. The van der Waals surface area contributed by atoms with Crippen LogP contribution >= 0.6 is 15.9 Å². The van der Waals surface area contributed by atoms with Crippen molar-refractivity contribution in [3.05, 3.63) is 74.0 Å². The van der Waals surface area contributed by atoms with Gasteiger partial charge in [0.2, 0.25) is 0 Å². The molecule has 196 valence electrons. The average Bonchev–Trinajstić information content (AvgIpc) is 3.26. The third kappa shape index (κ3) is 3.81. The highest BCUT2D eigenvalue weighted by atomic mass is 79.9. The van der Waals surface area contributed by atoms with E-state index < -0.39 is 5.56 Å². The first kappa shape index (κ1) is 25.2. The number of methoxy groups -OCH3 is 2. The van der Waals surface area contributed by atoms with Gasteiger partial charge in [-0.05, 0) is 49.2 Å². The number of fused-ring (bicyclic) bond motifs is 7. The van der Waals surface area contributed by atoms with Crippen LogP contribution in [0, 0.1) is 29.6 Å². The Bertz CT molecular complexity index is 2170. The second kappa shape index (κ2) is 9.59. The van der Waals surface area contributed by atoms with E-state index in [1.165, 1.54) is 0 Å². The lowest BCUT2D eigenvalue weighted by Gasteiger charge is -2.12. The average molecular weight is 595 g/mol. The number of hydrogen-bond donors (Lipinski definition) is 0. The van der Waals surface area contributed by atoms with Gasteiger partial charge in [0.1, 0.15) is 29.1 Å². The van der Waals surface area contributed by atoms with Gasteiger partial charge < -0.3 is 14.0 Å². The molecule has 0 aliphatic carbocycles. The highest BCUT2D eigenvalue weighted by molar-refractivity contribution is 9.10. The van der Waals surface area contributed by atoms with Gasteiger partial charge >= 0.3 is 0 Å². The summed E-state index contributed by atoms with van der Waals surface area (Å²) in [5, 5.41) is 20.3. The van der Waals surface area contributed by atoms with Crippen LogP contribution in [0.2, 0.25) is 0 Å². The summed E-state index contributed by atoms with van der Waals surface area (Å²) >= 11 is 3.42. The molecule has 0 saturated carbocycles. The molecule has 0 radical (unpaired) electrons. The quantitative estimate of drug-likeness (QED) is 0.268. The zero-order chi connectivity index (χ0) is 28.1. The van der Waals surface area contributed by atoms with Gasteiger partial charge in [-0.2, -0.15) is 15.5 Å². The van der Waals surface area contributed by atoms with Crippen molar-refractivity contribution >= 4 is 54.7 Å². The van der Waals surface area contributed by atoms with Crippen LogP contribution < -0.4 is 15.0 Å². The van der Waals surface area contributed by atoms with Crippen LogP contribution in [0.15, 0.2) is 45.7 Å². The maximum Gasteiger partial charge on any atom is 0.281 e. The molecular formula is C28H19BrN8O3. The first-order valence-electron chi connectivity index (χ1n) is 12.1. The lowest BCUT2D eigenvalue weighted by Crippen LogP contribution is -2.14. The molecule has 40 heavy (non-hydrogen) atoms. The van der Waals surface area contributed by atoms with Crippen molar-refractivity contribution in [1.82, 2.24) is 28.9 Å². The van der Waals surface area contributed by atoms with Crippen molar-refractivity contribution in [2.75, 3.05) is 14.2 Å². The number of ether oxygens (including phenoxy) is 2. The molecule has 4 heterocycles. The Morgan fingerprint density at radius 2 is 1.65 bits per heavy atom. The molecule has 0 bridgehead atoms. The lowest BCUT2D eigenvalue weighted by molar-refractivity contribution is 0.354. The van der Waals surface area contributed by atoms with Gasteiger partial charge in [-0.15, -0.1) is 0 Å². The third-order valence-corrected chi connectivity index (χ3v) is 7.29. The van der Waals surface area contributed by atoms with Crippen molar-refractivity contribution in [1.29, 1.82) is 10.5 Å². The second-order valence-electron chi connectivity index (χ2n) is 9.00. The highest BCUT2D eigenvalue weighted by Gasteiger charge is 2.23. The van der Waals surface area contributed by atoms with E-state index in [9.17, 15) is 15.3 Å². The van der Waals surface area contributed by atoms with Crippen molar-refractivity contribution in [3.8, 4) is 23.6 Å². The maximum atomic E-state index is 13.2. The van der Waals surface area contributed by atoms with Crippen LogP contribution in [-0.4, -0.2) is 43.1 Å². The Hall–Kier alpha value is -5.07. The Labute approximate surface area is 235 Å². The Morgan fingerprint density at radius 1 is 0.900 bits per heavy atom. The van der Waals surface area contributed by atoms with Crippen molar-refractivity contribution in [2.45, 2.75) is 19.9 Å². The normalized spacial score (nSPS) is 11.2. The smallest absolute Gasteiger partial charge is 0.281 e. The standard InChI is InChI=1S/C28H19BrN8O3/c1-14-32-25-23(26-35-28(38)17-11-16(29)5-6-20(17)37(14)26)24-27(34-19(13-31)18(12-30)33-24)36(25)9-8-15-4-7-21(39-2)22(10-15)40-3/h4-7,10-11H,8-9H2,1-3H3. The molecule has 11 nitrogen and oxygen atoms in total. The molecule has 0 atom stereocenters. The summed E-state index contributed by atoms with van der Waals surface area (Å²) in [4.78, 5) is 31.5. The minimum absolute atomic E-state index is 0.0911. The van der Waals surface area contributed by atoms with Crippen LogP contribution in [0.4, 0.5) is 0 Å². The number of nitriles is 2. The summed E-state index contributed by atoms with van der Waals surface area (Å²) in [6.07, 6.45) is 0.556. The minimum atomic E-state index is -0.406. The van der Waals surface area contributed by atoms with Gasteiger partial charge in [0, 0.05) is 11.0 Å². The van der Waals surface area contributed by atoms with Gasteiger partial charge in [0.15, 0.2) is 34.2 Å². The number of benzene rings is 2. The fourth-order valence-electron chi connectivity index (χ4n) is 4.98. The van der Waals surface area contributed by atoms with Crippen LogP contribution in [0.3, 0.4) is 0 Å². The summed E-state index contributed by atoms with van der Waals surface area (Å²) in [7, 11) is 3.16. The topological polar surface area (TPSA) is 144 Å². The summed E-state index contributed by atoms with van der Waals surface area (Å²) < 4.78 is 15.2. The Morgan fingerprint density at radius 3 is 2.38 bits per heavy atom. The molecule has 0 aliphatic rings. The fraction of sp³-hybridized carbons (Fsp3) is 0.179. The number of rotatable bonds is 5. The molecule has 6 aromatic rings. The summed E-state index contributed by atoms with van der Waals surface area (Å²) in [5.41, 5.74) is 2.55. The molecule has 0 aliphatic heterocycles. The molecule has 6 rings (SSSR count). The summed E-state index contributed by atoms with van der Waals surface area (Å²) in [5.74, 6) is 1.82. The zero-order valence-corrected chi connectivity index (χ0v) is 23.1. The van der Waals surface area contributed by atoms with Crippen molar-refractivity contribution < 1.29 is 9.47 Å². The largest absolute Gasteiger partial charge is 0.493 e. The third-order valence-electron chi connectivity index (χ3n) is 6.80. The molecule has 0 saturated heterocycles. The van der Waals surface area contributed by atoms with Crippen LogP contribution in [-0.2, 0) is 13.0 Å². The van der Waals surface area contributed by atoms with Gasteiger partial charge in [0.05, 0.1) is 30.5 Å². The predicted octanol–water partition coefficient (Wildman–Crippen LogP) is 4.21. The maximum absolute atomic E-state index is 13.2. The SMILES string of the molecule is COc1ccc(CCn2c3nc(C#N)c(C#N)nc3c3c2nc(C)n2c4ccc(Br)cc4c(=O)nc32)cc1OC. The van der Waals surface area contributed by atoms with E-state index in [0.29, 0.717) is 69.0 Å². The first-order chi connectivity index (χ1) is 19.4. The molecule has 0 N–H and O–H groups in total. The van der Waals surface area contributed by atoms with Gasteiger partial charge in [-0.3, -0.25) is 9.20 Å². The summed E-state index contributed by atoms with van der Waals surface area (Å²) in [6.45, 7) is 2.24. The molecule has 0 amide bonds. The number of hydrogen-bond acceptors (Lipinski definition) is 9. The molecule has 0 spiro atoms. The Balaban J connectivity index is 1.67. The molecule has 2 aromatic carbocycles. The first-order valence-corrected chi connectivity index (χ1v) is 12.9. The van der Waals surface area contributed by atoms with Crippen LogP contribution in [0.1, 0.15) is 22.8 Å². The van der Waals surface area contributed by atoms with Crippen molar-refractivity contribution in [2.24, 2.45) is 0 Å². The number of halogens is 1. The number of aryl methyl sites for hydroxylation is 3. The number of aromatic nitrogens is 6.